The van der Waals surface area contributed by atoms with E-state index in [-0.39, 0.29) is 11.8 Å². The minimum absolute atomic E-state index is 0.193. The molecular weight excluding hydrogens is 290 g/mol. The second kappa shape index (κ2) is 5.31. The molecule has 1 heterocycles. The number of carbonyl (C=O) groups excluding carboxylic acids is 1. The summed E-state index contributed by atoms with van der Waals surface area (Å²) in [5.74, 6) is 0.401. The van der Waals surface area contributed by atoms with E-state index in [4.69, 9.17) is 0 Å². The molecular formula is C14H19N3O3S. The number of nitrogens with zero attached hydrogens (tertiary/aromatic N) is 1. The Morgan fingerprint density at radius 3 is 2.76 bits per heavy atom. The van der Waals surface area contributed by atoms with Crippen molar-refractivity contribution < 1.29 is 13.2 Å². The average molecular weight is 309 g/mol. The fraction of sp³-hybridized carbons (Fsp3) is 0.500. The molecule has 21 heavy (non-hydrogen) atoms. The van der Waals surface area contributed by atoms with Gasteiger partial charge in [0.25, 0.3) is 10.2 Å². The van der Waals surface area contributed by atoms with Gasteiger partial charge in [0.1, 0.15) is 0 Å². The molecule has 1 aliphatic carbocycles. The van der Waals surface area contributed by atoms with Gasteiger partial charge in [-0.25, -0.2) is 4.72 Å². The van der Waals surface area contributed by atoms with Crippen LogP contribution in [0.4, 0.5) is 11.4 Å². The molecule has 0 bridgehead atoms. The minimum atomic E-state index is -3.51. The van der Waals surface area contributed by atoms with Crippen LogP contribution in [0.15, 0.2) is 18.2 Å². The van der Waals surface area contributed by atoms with Gasteiger partial charge in [-0.15, -0.1) is 0 Å². The number of carbonyl (C=O) groups is 1. The zero-order chi connectivity index (χ0) is 15.0. The monoisotopic (exact) mass is 309 g/mol. The molecule has 1 aromatic rings. The molecule has 1 fully saturated rings. The zero-order valence-corrected chi connectivity index (χ0v) is 12.7. The summed E-state index contributed by atoms with van der Waals surface area (Å²) in [5, 5.41) is 0. The molecule has 0 radical (unpaired) electrons. The van der Waals surface area contributed by atoms with Gasteiger partial charge < -0.3 is 4.90 Å². The fourth-order valence-corrected chi connectivity index (χ4v) is 3.19. The number of amides is 1. The first kappa shape index (κ1) is 14.3. The van der Waals surface area contributed by atoms with E-state index in [1.165, 1.54) is 7.05 Å². The zero-order valence-electron chi connectivity index (χ0n) is 11.9. The third-order valence-corrected chi connectivity index (χ3v) is 4.95. The first-order chi connectivity index (χ1) is 10.00. The Labute approximate surface area is 124 Å². The van der Waals surface area contributed by atoms with Crippen LogP contribution in [0.25, 0.3) is 0 Å². The highest BCUT2D eigenvalue weighted by Crippen LogP contribution is 2.36. The largest absolute Gasteiger partial charge is 0.312 e. The van der Waals surface area contributed by atoms with Crippen molar-refractivity contribution in [2.45, 2.75) is 25.7 Å². The smallest absolute Gasteiger partial charge is 0.298 e. The average Bonchev–Trinajstić information content (AvgIpc) is 3.30. The Kier molecular flexibility index (Phi) is 3.62. The van der Waals surface area contributed by atoms with Crippen molar-refractivity contribution in [1.82, 2.24) is 4.72 Å². The maximum absolute atomic E-state index is 12.3. The number of aryl methyl sites for hydroxylation is 1. The maximum atomic E-state index is 12.3. The highest BCUT2D eigenvalue weighted by molar-refractivity contribution is 7.90. The topological polar surface area (TPSA) is 78.5 Å². The highest BCUT2D eigenvalue weighted by Gasteiger charge is 2.35. The molecule has 1 aromatic carbocycles. The summed E-state index contributed by atoms with van der Waals surface area (Å²) in [6.07, 6.45) is 3.75. The molecule has 1 saturated carbocycles. The molecule has 0 saturated heterocycles. The highest BCUT2D eigenvalue weighted by atomic mass is 32.2. The summed E-state index contributed by atoms with van der Waals surface area (Å²) in [7, 11) is -2.16. The molecule has 0 unspecified atom stereocenters. The van der Waals surface area contributed by atoms with E-state index >= 15 is 0 Å². The molecule has 7 heteroatoms. The van der Waals surface area contributed by atoms with E-state index in [0.29, 0.717) is 5.69 Å². The number of nitrogens with one attached hydrogen (secondary N) is 2. The summed E-state index contributed by atoms with van der Waals surface area (Å²) in [5.41, 5.74) is 2.46. The van der Waals surface area contributed by atoms with Crippen molar-refractivity contribution in [2.75, 3.05) is 23.2 Å². The quantitative estimate of drug-likeness (QED) is 0.878. The van der Waals surface area contributed by atoms with Crippen LogP contribution in [-0.4, -0.2) is 27.9 Å². The number of hydrogen-bond acceptors (Lipinski definition) is 3. The van der Waals surface area contributed by atoms with Crippen molar-refractivity contribution in [3.63, 3.8) is 0 Å². The van der Waals surface area contributed by atoms with E-state index in [0.717, 1.165) is 43.5 Å². The van der Waals surface area contributed by atoms with Crippen LogP contribution in [0, 0.1) is 5.92 Å². The molecule has 6 nitrogen and oxygen atoms in total. The van der Waals surface area contributed by atoms with E-state index in [9.17, 15) is 13.2 Å². The molecule has 2 N–H and O–H groups in total. The van der Waals surface area contributed by atoms with E-state index < -0.39 is 10.2 Å². The molecule has 114 valence electrons. The Morgan fingerprint density at radius 1 is 1.33 bits per heavy atom. The lowest BCUT2D eigenvalue weighted by molar-refractivity contribution is -0.119. The second-order valence-electron chi connectivity index (χ2n) is 5.52. The second-order valence-corrected chi connectivity index (χ2v) is 7.14. The van der Waals surface area contributed by atoms with Crippen molar-refractivity contribution in [3.05, 3.63) is 23.8 Å². The Bertz CT molecular complexity index is 668. The third kappa shape index (κ3) is 3.03. The van der Waals surface area contributed by atoms with Crippen LogP contribution in [0.2, 0.25) is 0 Å². The van der Waals surface area contributed by atoms with E-state index in [2.05, 4.69) is 9.44 Å². The lowest BCUT2D eigenvalue weighted by Gasteiger charge is -2.30. The van der Waals surface area contributed by atoms with Crippen molar-refractivity contribution in [1.29, 1.82) is 0 Å². The first-order valence-electron chi connectivity index (χ1n) is 7.16. The number of hydrogen-bond donors (Lipinski definition) is 2. The number of anilines is 2. The van der Waals surface area contributed by atoms with Gasteiger partial charge in [-0.2, -0.15) is 8.42 Å². The van der Waals surface area contributed by atoms with Crippen LogP contribution in [-0.2, 0) is 21.4 Å². The fourth-order valence-electron chi connectivity index (χ4n) is 2.65. The number of rotatable bonds is 4. The molecule has 3 rings (SSSR count). The van der Waals surface area contributed by atoms with Gasteiger partial charge >= 0.3 is 0 Å². The molecule has 0 atom stereocenters. The normalized spacial score (nSPS) is 18.2. The van der Waals surface area contributed by atoms with Crippen molar-refractivity contribution in [2.24, 2.45) is 5.92 Å². The number of fused-ring (bicyclic) bond motifs is 1. The van der Waals surface area contributed by atoms with Gasteiger partial charge in [0, 0.05) is 25.2 Å². The Morgan fingerprint density at radius 2 is 2.10 bits per heavy atom. The summed E-state index contributed by atoms with van der Waals surface area (Å²) in [4.78, 5) is 14.1. The standard InChI is InChI=1S/C14H19N3O3S/c1-15-21(19,20)16-12-6-7-13-11(9-12)3-2-8-17(13)14(18)10-4-5-10/h6-7,9-10,15-16H,2-5,8H2,1H3. The predicted octanol–water partition coefficient (Wildman–Crippen LogP) is 1.25. The summed E-state index contributed by atoms with van der Waals surface area (Å²) >= 11 is 0. The Hall–Kier alpha value is -1.60. The Balaban J connectivity index is 1.86. The van der Waals surface area contributed by atoms with Gasteiger partial charge in [0.15, 0.2) is 0 Å². The predicted molar refractivity (Wildman–Crippen MR) is 81.4 cm³/mol. The van der Waals surface area contributed by atoms with Gasteiger partial charge in [-0.1, -0.05) is 0 Å². The molecule has 1 amide bonds. The molecule has 2 aliphatic rings. The van der Waals surface area contributed by atoms with Crippen molar-refractivity contribution in [3.8, 4) is 0 Å². The van der Waals surface area contributed by atoms with Crippen LogP contribution in [0.1, 0.15) is 24.8 Å². The molecule has 1 aliphatic heterocycles. The van der Waals surface area contributed by atoms with Gasteiger partial charge in [0.2, 0.25) is 5.91 Å². The SMILES string of the molecule is CNS(=O)(=O)Nc1ccc2c(c1)CCCN2C(=O)C1CC1. The summed E-state index contributed by atoms with van der Waals surface area (Å²) in [6.45, 7) is 0.754. The van der Waals surface area contributed by atoms with Crippen LogP contribution in [0.3, 0.4) is 0 Å². The molecule has 0 spiro atoms. The maximum Gasteiger partial charge on any atom is 0.298 e. The van der Waals surface area contributed by atoms with Crippen LogP contribution in [0.5, 0.6) is 0 Å². The van der Waals surface area contributed by atoms with Crippen LogP contribution < -0.4 is 14.3 Å². The van der Waals surface area contributed by atoms with E-state index in [1.807, 2.05) is 17.0 Å². The molecule has 0 aromatic heterocycles. The van der Waals surface area contributed by atoms with E-state index in [1.54, 1.807) is 6.07 Å². The first-order valence-corrected chi connectivity index (χ1v) is 8.64. The van der Waals surface area contributed by atoms with Gasteiger partial charge in [-0.3, -0.25) is 9.52 Å². The summed E-state index contributed by atoms with van der Waals surface area (Å²) in [6, 6.07) is 5.35. The summed E-state index contributed by atoms with van der Waals surface area (Å²) < 4.78 is 27.7. The number of benzene rings is 1. The van der Waals surface area contributed by atoms with Crippen molar-refractivity contribution >= 4 is 27.5 Å². The minimum Gasteiger partial charge on any atom is -0.312 e. The third-order valence-electron chi connectivity index (χ3n) is 3.91. The van der Waals surface area contributed by atoms with Gasteiger partial charge in [-0.05, 0) is 49.4 Å². The van der Waals surface area contributed by atoms with Crippen LogP contribution >= 0.6 is 0 Å². The van der Waals surface area contributed by atoms with Gasteiger partial charge in [0.05, 0.1) is 5.69 Å². The lowest BCUT2D eigenvalue weighted by Crippen LogP contribution is -2.36. The lowest BCUT2D eigenvalue weighted by atomic mass is 10.0.